The minimum atomic E-state index is -3.89. The van der Waals surface area contributed by atoms with Crippen LogP contribution in [0.3, 0.4) is 0 Å². The van der Waals surface area contributed by atoms with Gasteiger partial charge in [0.15, 0.2) is 11.5 Å². The molecule has 10 nitrogen and oxygen atoms in total. The Morgan fingerprint density at radius 2 is 1.80 bits per heavy atom. The standard InChI is InChI=1S/C28H38FN3O7S/c1-28(2,3)39-27(34)31-20(15-19-9-6-7-11-23(19)29)16-26(33)32-14-8-10-21(32)18-30-40(35,36)22-12-13-24(37-4)25(17-22)38-5/h6-7,9,11-13,17,20-21,30H,8,10,14-16,18H2,1-5H3,(H,31,34)/t20-,21+/m1/s1. The second-order valence-corrected chi connectivity index (χ2v) is 12.4. The number of amides is 2. The third kappa shape index (κ3) is 8.56. The van der Waals surface area contributed by atoms with Crippen LogP contribution in [0, 0.1) is 5.82 Å². The van der Waals surface area contributed by atoms with E-state index < -0.39 is 33.6 Å². The Kier molecular flexibility index (Phi) is 10.4. The molecule has 0 aliphatic carbocycles. The maximum Gasteiger partial charge on any atom is 0.407 e. The van der Waals surface area contributed by atoms with Crippen LogP contribution < -0.4 is 19.5 Å². The maximum absolute atomic E-state index is 14.4. The van der Waals surface area contributed by atoms with Gasteiger partial charge < -0.3 is 24.4 Å². The largest absolute Gasteiger partial charge is 0.493 e. The number of nitrogens with one attached hydrogen (secondary N) is 2. The number of likely N-dealkylation sites (tertiary alicyclic amines) is 1. The third-order valence-corrected chi connectivity index (χ3v) is 7.86. The lowest BCUT2D eigenvalue weighted by atomic mass is 10.0. The van der Waals surface area contributed by atoms with Gasteiger partial charge in [0.05, 0.1) is 19.1 Å². The zero-order valence-corrected chi connectivity index (χ0v) is 24.3. The summed E-state index contributed by atoms with van der Waals surface area (Å²) in [5.41, 5.74) is -0.390. The van der Waals surface area contributed by atoms with Gasteiger partial charge in [0.25, 0.3) is 0 Å². The van der Waals surface area contributed by atoms with Gasteiger partial charge in [0.1, 0.15) is 11.4 Å². The van der Waals surface area contributed by atoms with E-state index >= 15 is 0 Å². The summed E-state index contributed by atoms with van der Waals surface area (Å²) in [5.74, 6) is -0.0276. The van der Waals surface area contributed by atoms with Crippen molar-refractivity contribution in [1.82, 2.24) is 14.9 Å². The van der Waals surface area contributed by atoms with Crippen LogP contribution in [-0.4, -0.2) is 70.3 Å². The molecular weight excluding hydrogens is 541 g/mol. The summed E-state index contributed by atoms with van der Waals surface area (Å²) in [5, 5.41) is 2.71. The molecule has 3 rings (SSSR count). The van der Waals surface area contributed by atoms with Crippen molar-refractivity contribution in [2.75, 3.05) is 27.3 Å². The van der Waals surface area contributed by atoms with E-state index in [0.29, 0.717) is 30.7 Å². The first-order chi connectivity index (χ1) is 18.8. The van der Waals surface area contributed by atoms with E-state index in [9.17, 15) is 22.4 Å². The molecule has 12 heteroatoms. The van der Waals surface area contributed by atoms with Crippen molar-refractivity contribution in [1.29, 1.82) is 0 Å². The quantitative estimate of drug-likeness (QED) is 0.417. The average Bonchev–Trinajstić information content (AvgIpc) is 3.36. The van der Waals surface area contributed by atoms with Crippen LogP contribution in [0.1, 0.15) is 45.6 Å². The first-order valence-corrected chi connectivity index (χ1v) is 14.6. The number of sulfonamides is 1. The molecule has 0 aromatic heterocycles. The lowest BCUT2D eigenvalue weighted by Gasteiger charge is -2.28. The number of hydrogen-bond donors (Lipinski definition) is 2. The number of hydrogen-bond acceptors (Lipinski definition) is 7. The molecule has 2 aromatic rings. The molecule has 0 spiro atoms. The monoisotopic (exact) mass is 579 g/mol. The summed E-state index contributed by atoms with van der Waals surface area (Å²) >= 11 is 0. The Hall–Kier alpha value is -3.38. The fourth-order valence-electron chi connectivity index (χ4n) is 4.56. The number of ether oxygens (including phenoxy) is 3. The summed E-state index contributed by atoms with van der Waals surface area (Å²) in [4.78, 5) is 27.5. The van der Waals surface area contributed by atoms with Crippen molar-refractivity contribution >= 4 is 22.0 Å². The zero-order chi connectivity index (χ0) is 29.5. The number of nitrogens with zero attached hydrogens (tertiary/aromatic N) is 1. The van der Waals surface area contributed by atoms with Gasteiger partial charge in [-0.3, -0.25) is 4.79 Å². The van der Waals surface area contributed by atoms with E-state index in [2.05, 4.69) is 10.0 Å². The van der Waals surface area contributed by atoms with Gasteiger partial charge in [-0.1, -0.05) is 18.2 Å². The van der Waals surface area contributed by atoms with E-state index in [1.165, 1.54) is 38.5 Å². The van der Waals surface area contributed by atoms with Gasteiger partial charge in [0, 0.05) is 37.7 Å². The van der Waals surface area contributed by atoms with Gasteiger partial charge in [-0.05, 0) is 63.8 Å². The molecule has 0 radical (unpaired) electrons. The minimum absolute atomic E-state index is 0.00698. The van der Waals surface area contributed by atoms with Gasteiger partial charge in [0.2, 0.25) is 15.9 Å². The Bertz CT molecular complexity index is 1300. The molecule has 1 aliphatic rings. The zero-order valence-electron chi connectivity index (χ0n) is 23.5. The summed E-state index contributed by atoms with van der Waals surface area (Å²) in [6, 6.07) is 9.36. The number of carbonyl (C=O) groups is 2. The molecule has 1 heterocycles. The lowest BCUT2D eigenvalue weighted by Crippen LogP contribution is -2.47. The molecule has 2 N–H and O–H groups in total. The van der Waals surface area contributed by atoms with Gasteiger partial charge in [-0.2, -0.15) is 0 Å². The number of carbonyl (C=O) groups excluding carboxylic acids is 2. The fraction of sp³-hybridized carbons (Fsp3) is 0.500. The average molecular weight is 580 g/mol. The van der Waals surface area contributed by atoms with E-state index in [4.69, 9.17) is 14.2 Å². The second kappa shape index (κ2) is 13.3. The fourth-order valence-corrected chi connectivity index (χ4v) is 5.64. The smallest absolute Gasteiger partial charge is 0.407 e. The Morgan fingerprint density at radius 1 is 1.10 bits per heavy atom. The predicted octanol–water partition coefficient (Wildman–Crippen LogP) is 3.64. The second-order valence-electron chi connectivity index (χ2n) is 10.6. The molecule has 220 valence electrons. The van der Waals surface area contributed by atoms with E-state index in [0.717, 1.165) is 0 Å². The molecule has 40 heavy (non-hydrogen) atoms. The Balaban J connectivity index is 1.70. The predicted molar refractivity (Wildman–Crippen MR) is 147 cm³/mol. The number of alkyl carbamates (subject to hydrolysis) is 1. The molecular formula is C28H38FN3O7S. The first-order valence-electron chi connectivity index (χ1n) is 13.1. The highest BCUT2D eigenvalue weighted by Gasteiger charge is 2.32. The van der Waals surface area contributed by atoms with Crippen molar-refractivity contribution in [3.8, 4) is 11.5 Å². The summed E-state index contributed by atoms with van der Waals surface area (Å²) < 4.78 is 58.6. The molecule has 1 aliphatic heterocycles. The number of methoxy groups -OCH3 is 2. The van der Waals surface area contributed by atoms with Crippen molar-refractivity contribution in [3.63, 3.8) is 0 Å². The molecule has 1 fully saturated rings. The first kappa shape index (κ1) is 31.2. The molecule has 0 bridgehead atoms. The summed E-state index contributed by atoms with van der Waals surface area (Å²) in [7, 11) is -1.02. The van der Waals surface area contributed by atoms with Crippen LogP contribution in [0.4, 0.5) is 9.18 Å². The van der Waals surface area contributed by atoms with E-state index in [-0.39, 0.29) is 42.0 Å². The SMILES string of the molecule is COc1ccc(S(=O)(=O)NC[C@@H]2CCCN2C(=O)C[C@@H](Cc2ccccc2F)NC(=O)OC(C)(C)C)cc1OC. The molecule has 0 unspecified atom stereocenters. The number of rotatable bonds is 11. The van der Waals surface area contributed by atoms with Crippen molar-refractivity contribution in [2.24, 2.45) is 0 Å². The minimum Gasteiger partial charge on any atom is -0.493 e. The van der Waals surface area contributed by atoms with Gasteiger partial charge >= 0.3 is 6.09 Å². The number of halogens is 1. The van der Waals surface area contributed by atoms with E-state index in [1.807, 2.05) is 0 Å². The molecule has 0 saturated carbocycles. The van der Waals surface area contributed by atoms with Crippen LogP contribution in [0.15, 0.2) is 47.4 Å². The summed E-state index contributed by atoms with van der Waals surface area (Å²) in [6.07, 6.45) is 0.584. The van der Waals surface area contributed by atoms with E-state index in [1.54, 1.807) is 43.9 Å². The summed E-state index contributed by atoms with van der Waals surface area (Å²) in [6.45, 7) is 5.63. The van der Waals surface area contributed by atoms with Crippen LogP contribution in [-0.2, 0) is 26.0 Å². The van der Waals surface area contributed by atoms with Crippen molar-refractivity contribution in [2.45, 2.75) is 69.0 Å². The number of benzene rings is 2. The van der Waals surface area contributed by atoms with Crippen molar-refractivity contribution in [3.05, 3.63) is 53.8 Å². The Morgan fingerprint density at radius 3 is 2.45 bits per heavy atom. The molecule has 2 aromatic carbocycles. The lowest BCUT2D eigenvalue weighted by molar-refractivity contribution is -0.132. The van der Waals surface area contributed by atoms with Gasteiger partial charge in [-0.15, -0.1) is 0 Å². The molecule has 1 saturated heterocycles. The highest BCUT2D eigenvalue weighted by atomic mass is 32.2. The van der Waals surface area contributed by atoms with Crippen LogP contribution >= 0.6 is 0 Å². The highest BCUT2D eigenvalue weighted by molar-refractivity contribution is 7.89. The Labute approximate surface area is 235 Å². The third-order valence-electron chi connectivity index (χ3n) is 6.44. The normalized spacial score (nSPS) is 16.4. The van der Waals surface area contributed by atoms with Crippen LogP contribution in [0.25, 0.3) is 0 Å². The topological polar surface area (TPSA) is 123 Å². The van der Waals surface area contributed by atoms with Gasteiger partial charge in [-0.25, -0.2) is 22.3 Å². The molecule has 2 amide bonds. The molecule has 2 atom stereocenters. The highest BCUT2D eigenvalue weighted by Crippen LogP contribution is 2.29. The van der Waals surface area contributed by atoms with Crippen molar-refractivity contribution < 1.29 is 36.6 Å². The van der Waals surface area contributed by atoms with Crippen LogP contribution in [0.2, 0.25) is 0 Å². The maximum atomic E-state index is 14.4. The van der Waals surface area contributed by atoms with Crippen LogP contribution in [0.5, 0.6) is 11.5 Å².